The van der Waals surface area contributed by atoms with Gasteiger partial charge >= 0.3 is 0 Å². The third-order valence-corrected chi connectivity index (χ3v) is 4.30. The van der Waals surface area contributed by atoms with Crippen LogP contribution in [0.3, 0.4) is 0 Å². The molecule has 2 rings (SSSR count). The number of ether oxygens (including phenoxy) is 3. The average molecular weight is 423 g/mol. The minimum Gasteiger partial charge on any atom is -0.494 e. The number of hydrogen-bond acceptors (Lipinski definition) is 4. The fourth-order valence-corrected chi connectivity index (χ4v) is 3.00. The molecule has 0 aromatic heterocycles. The summed E-state index contributed by atoms with van der Waals surface area (Å²) in [6, 6.07) is 11.1. The topological polar surface area (TPSA) is 44.8 Å². The molecule has 0 amide bonds. The Balaban J connectivity index is 2.30. The monoisotopic (exact) mass is 422 g/mol. The van der Waals surface area contributed by atoms with E-state index in [2.05, 4.69) is 13.5 Å². The molecule has 0 aliphatic rings. The maximum atomic E-state index is 12.6. The molecule has 0 atom stereocenters. The Bertz CT molecular complexity index is 861. The maximum absolute atomic E-state index is 12.6. The van der Waals surface area contributed by atoms with Gasteiger partial charge < -0.3 is 14.2 Å². The fourth-order valence-electron chi connectivity index (χ4n) is 3.00. The van der Waals surface area contributed by atoms with E-state index in [9.17, 15) is 4.79 Å². The predicted molar refractivity (Wildman–Crippen MR) is 127 cm³/mol. The van der Waals surface area contributed by atoms with E-state index in [1.807, 2.05) is 58.0 Å². The van der Waals surface area contributed by atoms with Crippen LogP contribution in [0, 0.1) is 0 Å². The molecular formula is C27H34O4. The van der Waals surface area contributed by atoms with Crippen molar-refractivity contribution in [1.29, 1.82) is 0 Å². The van der Waals surface area contributed by atoms with Crippen molar-refractivity contribution in [3.63, 3.8) is 0 Å². The molecule has 166 valence electrons. The van der Waals surface area contributed by atoms with Crippen molar-refractivity contribution in [2.75, 3.05) is 6.61 Å². The van der Waals surface area contributed by atoms with Crippen molar-refractivity contribution in [1.82, 2.24) is 0 Å². The first-order valence-electron chi connectivity index (χ1n) is 10.9. The lowest BCUT2D eigenvalue weighted by molar-refractivity contribution is 0.104. The van der Waals surface area contributed by atoms with Gasteiger partial charge in [-0.3, -0.25) is 4.79 Å². The minimum absolute atomic E-state index is 0.0183. The van der Waals surface area contributed by atoms with Gasteiger partial charge in [0.05, 0.1) is 18.8 Å². The van der Waals surface area contributed by atoms with Crippen molar-refractivity contribution in [3.05, 3.63) is 71.8 Å². The van der Waals surface area contributed by atoms with Crippen LogP contribution in [0.1, 0.15) is 62.5 Å². The van der Waals surface area contributed by atoms with Gasteiger partial charge in [-0.15, -0.1) is 6.58 Å². The Labute approximate surface area is 186 Å². The van der Waals surface area contributed by atoms with Gasteiger partial charge in [-0.25, -0.2) is 0 Å². The zero-order valence-electron chi connectivity index (χ0n) is 19.3. The van der Waals surface area contributed by atoms with Gasteiger partial charge in [0.25, 0.3) is 0 Å². The number of carbonyl (C=O) groups is 1. The van der Waals surface area contributed by atoms with Crippen molar-refractivity contribution in [2.45, 2.75) is 59.7 Å². The fraction of sp³-hybridized carbons (Fsp3) is 0.370. The van der Waals surface area contributed by atoms with Crippen LogP contribution in [0.4, 0.5) is 0 Å². The highest BCUT2D eigenvalue weighted by atomic mass is 16.5. The molecule has 0 N–H and O–H groups in total. The third-order valence-electron chi connectivity index (χ3n) is 4.30. The molecule has 0 unspecified atom stereocenters. The van der Waals surface area contributed by atoms with Crippen LogP contribution < -0.4 is 14.2 Å². The van der Waals surface area contributed by atoms with E-state index in [0.717, 1.165) is 34.8 Å². The summed E-state index contributed by atoms with van der Waals surface area (Å²) < 4.78 is 17.6. The summed E-state index contributed by atoms with van der Waals surface area (Å²) in [5, 5.41) is 0. The van der Waals surface area contributed by atoms with E-state index >= 15 is 0 Å². The molecule has 0 radical (unpaired) electrons. The molecule has 31 heavy (non-hydrogen) atoms. The van der Waals surface area contributed by atoms with E-state index in [1.165, 1.54) is 0 Å². The van der Waals surface area contributed by atoms with Crippen molar-refractivity contribution < 1.29 is 19.0 Å². The first-order valence-corrected chi connectivity index (χ1v) is 10.9. The van der Waals surface area contributed by atoms with Gasteiger partial charge in [0, 0.05) is 11.1 Å². The molecule has 4 nitrogen and oxygen atoms in total. The predicted octanol–water partition coefficient (Wildman–Crippen LogP) is 6.67. The zero-order chi connectivity index (χ0) is 22.8. The second kappa shape index (κ2) is 12.0. The van der Waals surface area contributed by atoms with E-state index in [0.29, 0.717) is 18.6 Å². The van der Waals surface area contributed by atoms with Gasteiger partial charge in [-0.1, -0.05) is 19.1 Å². The van der Waals surface area contributed by atoms with E-state index in [-0.39, 0.29) is 18.0 Å². The van der Waals surface area contributed by atoms with Crippen molar-refractivity contribution >= 4 is 11.9 Å². The lowest BCUT2D eigenvalue weighted by Gasteiger charge is -2.20. The van der Waals surface area contributed by atoms with E-state index < -0.39 is 0 Å². The molecule has 0 heterocycles. The Kier molecular flexibility index (Phi) is 9.39. The number of carbonyl (C=O) groups excluding carboxylic acids is 1. The number of hydrogen-bond donors (Lipinski definition) is 0. The number of ketones is 1. The highest BCUT2D eigenvalue weighted by molar-refractivity contribution is 6.06. The lowest BCUT2D eigenvalue weighted by Crippen LogP contribution is -2.11. The van der Waals surface area contributed by atoms with Gasteiger partial charge in [-0.05, 0) is 88.6 Å². The number of benzene rings is 2. The Morgan fingerprint density at radius 2 is 1.58 bits per heavy atom. The molecular weight excluding hydrogens is 388 g/mol. The summed E-state index contributed by atoms with van der Waals surface area (Å²) in [5.74, 6) is 2.19. The molecule has 0 fully saturated rings. The minimum atomic E-state index is -0.0742. The summed E-state index contributed by atoms with van der Waals surface area (Å²) in [5.41, 5.74) is 2.42. The van der Waals surface area contributed by atoms with Gasteiger partial charge in [-0.2, -0.15) is 0 Å². The Morgan fingerprint density at radius 3 is 2.06 bits per heavy atom. The molecule has 2 aromatic carbocycles. The molecule has 0 aliphatic heterocycles. The normalized spacial score (nSPS) is 11.2. The number of allylic oxidation sites excluding steroid dienone is 2. The molecule has 0 aliphatic carbocycles. The van der Waals surface area contributed by atoms with Crippen LogP contribution in [0.2, 0.25) is 0 Å². The van der Waals surface area contributed by atoms with Crippen LogP contribution >= 0.6 is 0 Å². The Hall–Kier alpha value is -3.01. The highest BCUT2D eigenvalue weighted by Crippen LogP contribution is 2.33. The summed E-state index contributed by atoms with van der Waals surface area (Å²) in [6.07, 6.45) is 6.82. The second-order valence-corrected chi connectivity index (χ2v) is 7.89. The van der Waals surface area contributed by atoms with Crippen LogP contribution in [-0.4, -0.2) is 24.6 Å². The number of rotatable bonds is 12. The van der Waals surface area contributed by atoms with Crippen molar-refractivity contribution in [3.8, 4) is 17.2 Å². The average Bonchev–Trinajstić information content (AvgIpc) is 2.72. The van der Waals surface area contributed by atoms with Crippen LogP contribution in [-0.2, 0) is 6.42 Å². The second-order valence-electron chi connectivity index (χ2n) is 7.89. The van der Waals surface area contributed by atoms with E-state index in [1.54, 1.807) is 24.3 Å². The highest BCUT2D eigenvalue weighted by Gasteiger charge is 2.14. The molecule has 2 aromatic rings. The molecule has 0 saturated carbocycles. The first kappa shape index (κ1) is 24.3. The summed E-state index contributed by atoms with van der Waals surface area (Å²) in [6.45, 7) is 14.5. The summed E-state index contributed by atoms with van der Waals surface area (Å²) in [7, 11) is 0. The third kappa shape index (κ3) is 7.63. The largest absolute Gasteiger partial charge is 0.494 e. The van der Waals surface area contributed by atoms with Crippen LogP contribution in [0.25, 0.3) is 6.08 Å². The zero-order valence-corrected chi connectivity index (χ0v) is 19.3. The lowest BCUT2D eigenvalue weighted by atomic mass is 10.0. The Morgan fingerprint density at radius 1 is 1.00 bits per heavy atom. The standard InChI is InChI=1S/C27H34O4/c1-7-9-24-26(30-19(3)4)17-21(18-27(24)31-20(5)6)10-15-25(28)22-11-13-23(14-12-22)29-16-8-2/h7,10-15,17-20H,1,8-9,16H2,2-6H3. The van der Waals surface area contributed by atoms with E-state index in [4.69, 9.17) is 14.2 Å². The van der Waals surface area contributed by atoms with Gasteiger partial charge in [0.1, 0.15) is 17.2 Å². The summed E-state index contributed by atoms with van der Waals surface area (Å²) >= 11 is 0. The van der Waals surface area contributed by atoms with Crippen molar-refractivity contribution in [2.24, 2.45) is 0 Å². The first-order chi connectivity index (χ1) is 14.8. The molecule has 4 heteroatoms. The molecule has 0 spiro atoms. The SMILES string of the molecule is C=CCc1c(OC(C)C)cc(C=CC(=O)c2ccc(OCCC)cc2)cc1OC(C)C. The van der Waals surface area contributed by atoms with Crippen LogP contribution in [0.5, 0.6) is 17.2 Å². The maximum Gasteiger partial charge on any atom is 0.185 e. The van der Waals surface area contributed by atoms with Gasteiger partial charge in [0.2, 0.25) is 0 Å². The van der Waals surface area contributed by atoms with Crippen LogP contribution in [0.15, 0.2) is 55.1 Å². The summed E-state index contributed by atoms with van der Waals surface area (Å²) in [4.78, 5) is 12.6. The quantitative estimate of drug-likeness (QED) is 0.218. The molecule has 0 bridgehead atoms. The molecule has 0 saturated heterocycles. The smallest absolute Gasteiger partial charge is 0.185 e. The van der Waals surface area contributed by atoms with Gasteiger partial charge in [0.15, 0.2) is 5.78 Å².